The molecular weight excluding hydrogens is 278 g/mol. The van der Waals surface area contributed by atoms with Crippen molar-refractivity contribution in [2.75, 3.05) is 19.0 Å². The van der Waals surface area contributed by atoms with Crippen molar-refractivity contribution in [2.45, 2.75) is 44.3 Å². The van der Waals surface area contributed by atoms with Crippen LogP contribution in [0.25, 0.3) is 0 Å². The minimum Gasteiger partial charge on any atom is -0.481 e. The summed E-state index contributed by atoms with van der Waals surface area (Å²) in [5.41, 5.74) is 0. The number of carboxylic acids is 1. The first-order valence-electron chi connectivity index (χ1n) is 7.05. The molecule has 1 fully saturated rings. The van der Waals surface area contributed by atoms with Crippen molar-refractivity contribution in [1.29, 1.82) is 0 Å². The van der Waals surface area contributed by atoms with Gasteiger partial charge in [-0.2, -0.15) is 0 Å². The Bertz CT molecular complexity index is 446. The van der Waals surface area contributed by atoms with E-state index >= 15 is 0 Å². The quantitative estimate of drug-likeness (QED) is 0.524. The fourth-order valence-electron chi connectivity index (χ4n) is 1.90. The Hall–Kier alpha value is -1.08. The topological polar surface area (TPSA) is 77.2 Å². The Kier molecular flexibility index (Phi) is 5.85. The minimum atomic E-state index is -0.838. The van der Waals surface area contributed by atoms with E-state index in [1.165, 1.54) is 24.6 Å². The van der Waals surface area contributed by atoms with Crippen LogP contribution in [0.4, 0.5) is 0 Å². The molecule has 1 heterocycles. The number of hydrogen-bond donors (Lipinski definition) is 1. The lowest BCUT2D eigenvalue weighted by Gasteiger charge is -2.09. The highest BCUT2D eigenvalue weighted by molar-refractivity contribution is 7.99. The van der Waals surface area contributed by atoms with Gasteiger partial charge in [0, 0.05) is 26.2 Å². The van der Waals surface area contributed by atoms with Gasteiger partial charge in [0.05, 0.1) is 5.75 Å². The van der Waals surface area contributed by atoms with Gasteiger partial charge in [-0.25, -0.2) is 0 Å². The number of aliphatic carboxylic acids is 1. The van der Waals surface area contributed by atoms with Gasteiger partial charge in [0.25, 0.3) is 0 Å². The molecule has 1 aromatic heterocycles. The molecule has 0 spiro atoms. The molecule has 112 valence electrons. The lowest BCUT2D eigenvalue weighted by molar-refractivity contribution is -0.133. The van der Waals surface area contributed by atoms with Crippen LogP contribution in [-0.2, 0) is 22.5 Å². The van der Waals surface area contributed by atoms with Crippen molar-refractivity contribution in [2.24, 2.45) is 5.92 Å². The molecule has 6 nitrogen and oxygen atoms in total. The molecule has 0 saturated heterocycles. The van der Waals surface area contributed by atoms with Crippen molar-refractivity contribution in [1.82, 2.24) is 14.8 Å². The highest BCUT2D eigenvalue weighted by Crippen LogP contribution is 2.28. The van der Waals surface area contributed by atoms with Crippen molar-refractivity contribution in [3.8, 4) is 0 Å². The number of nitrogens with zero attached hydrogens (tertiary/aromatic N) is 3. The average molecular weight is 299 g/mol. The highest BCUT2D eigenvalue weighted by atomic mass is 32.2. The zero-order valence-corrected chi connectivity index (χ0v) is 12.6. The molecule has 0 amide bonds. The SMILES string of the molecule is CCc1nnc(SCC(=O)O)n1CCCOCC1CC1. The third-order valence-electron chi connectivity index (χ3n) is 3.16. The predicted octanol–water partition coefficient (Wildman–Crippen LogP) is 1.83. The molecule has 7 heteroatoms. The van der Waals surface area contributed by atoms with E-state index in [-0.39, 0.29) is 5.75 Å². The van der Waals surface area contributed by atoms with Gasteiger partial charge in [-0.05, 0) is 25.2 Å². The van der Waals surface area contributed by atoms with Crippen LogP contribution in [-0.4, -0.2) is 44.8 Å². The Balaban J connectivity index is 1.79. The maximum atomic E-state index is 10.6. The smallest absolute Gasteiger partial charge is 0.313 e. The molecule has 0 bridgehead atoms. The average Bonchev–Trinajstić information content (AvgIpc) is 3.16. The van der Waals surface area contributed by atoms with Crippen LogP contribution >= 0.6 is 11.8 Å². The number of aryl methyl sites for hydroxylation is 1. The summed E-state index contributed by atoms with van der Waals surface area (Å²) < 4.78 is 7.62. The van der Waals surface area contributed by atoms with E-state index in [0.29, 0.717) is 5.16 Å². The van der Waals surface area contributed by atoms with Gasteiger partial charge in [-0.15, -0.1) is 10.2 Å². The van der Waals surface area contributed by atoms with Gasteiger partial charge in [-0.1, -0.05) is 18.7 Å². The normalized spacial score (nSPS) is 14.7. The molecule has 1 aliphatic rings. The molecule has 20 heavy (non-hydrogen) atoms. The third-order valence-corrected chi connectivity index (χ3v) is 4.11. The van der Waals surface area contributed by atoms with Gasteiger partial charge >= 0.3 is 5.97 Å². The molecule has 0 aliphatic heterocycles. The van der Waals surface area contributed by atoms with Crippen molar-refractivity contribution < 1.29 is 14.6 Å². The van der Waals surface area contributed by atoms with Crippen molar-refractivity contribution in [3.05, 3.63) is 5.82 Å². The van der Waals surface area contributed by atoms with Crippen LogP contribution < -0.4 is 0 Å². The second kappa shape index (κ2) is 7.64. The molecule has 0 atom stereocenters. The molecule has 2 rings (SSSR count). The molecule has 1 aromatic rings. The summed E-state index contributed by atoms with van der Waals surface area (Å²) in [5, 5.41) is 17.6. The maximum absolute atomic E-state index is 10.6. The number of thioether (sulfide) groups is 1. The lowest BCUT2D eigenvalue weighted by Crippen LogP contribution is -2.09. The van der Waals surface area contributed by atoms with Crippen LogP contribution in [0.15, 0.2) is 5.16 Å². The zero-order valence-electron chi connectivity index (χ0n) is 11.7. The molecule has 1 N–H and O–H groups in total. The molecule has 0 unspecified atom stereocenters. The standard InChI is InChI=1S/C13H21N3O3S/c1-2-11-14-15-13(20-9-12(17)18)16(11)6-3-7-19-8-10-4-5-10/h10H,2-9H2,1H3,(H,17,18). The van der Waals surface area contributed by atoms with Gasteiger partial charge in [0.1, 0.15) is 5.82 Å². The molecule has 1 saturated carbocycles. The first kappa shape index (κ1) is 15.3. The Morgan fingerprint density at radius 2 is 2.30 bits per heavy atom. The number of carbonyl (C=O) groups is 1. The fraction of sp³-hybridized carbons (Fsp3) is 0.769. The van der Waals surface area contributed by atoms with E-state index in [1.807, 2.05) is 11.5 Å². The van der Waals surface area contributed by atoms with Crippen molar-refractivity contribution in [3.63, 3.8) is 0 Å². The monoisotopic (exact) mass is 299 g/mol. The highest BCUT2D eigenvalue weighted by Gasteiger charge is 2.21. The first-order valence-corrected chi connectivity index (χ1v) is 8.03. The second-order valence-corrected chi connectivity index (χ2v) is 5.90. The fourth-order valence-corrected chi connectivity index (χ4v) is 2.60. The molecule has 1 aliphatic carbocycles. The maximum Gasteiger partial charge on any atom is 0.313 e. The van der Waals surface area contributed by atoms with E-state index < -0.39 is 5.97 Å². The number of ether oxygens (including phenoxy) is 1. The molecule has 0 aromatic carbocycles. The largest absolute Gasteiger partial charge is 0.481 e. The summed E-state index contributed by atoms with van der Waals surface area (Å²) in [7, 11) is 0. The summed E-state index contributed by atoms with van der Waals surface area (Å²) in [6, 6.07) is 0. The van der Waals surface area contributed by atoms with Crippen LogP contribution in [0, 0.1) is 5.92 Å². The third kappa shape index (κ3) is 4.79. The summed E-state index contributed by atoms with van der Waals surface area (Å²) in [5.74, 6) is 0.869. The number of carboxylic acid groups (broad SMARTS) is 1. The summed E-state index contributed by atoms with van der Waals surface area (Å²) in [6.45, 7) is 4.42. The summed E-state index contributed by atoms with van der Waals surface area (Å²) >= 11 is 1.22. The molecular formula is C13H21N3O3S. The summed E-state index contributed by atoms with van der Waals surface area (Å²) in [6.07, 6.45) is 4.31. The Labute approximate surface area is 122 Å². The van der Waals surface area contributed by atoms with Crippen LogP contribution in [0.3, 0.4) is 0 Å². The van der Waals surface area contributed by atoms with Gasteiger partial charge in [0.15, 0.2) is 5.16 Å². The Morgan fingerprint density at radius 1 is 1.50 bits per heavy atom. The minimum absolute atomic E-state index is 0.0139. The van der Waals surface area contributed by atoms with Crippen LogP contribution in [0.2, 0.25) is 0 Å². The van der Waals surface area contributed by atoms with Crippen molar-refractivity contribution >= 4 is 17.7 Å². The summed E-state index contributed by atoms with van der Waals surface area (Å²) in [4.78, 5) is 10.6. The lowest BCUT2D eigenvalue weighted by atomic mass is 10.4. The predicted molar refractivity (Wildman–Crippen MR) is 75.9 cm³/mol. The van der Waals surface area contributed by atoms with E-state index in [1.54, 1.807) is 0 Å². The first-order chi connectivity index (χ1) is 9.70. The Morgan fingerprint density at radius 3 is 2.95 bits per heavy atom. The molecule has 0 radical (unpaired) electrons. The second-order valence-electron chi connectivity index (χ2n) is 4.96. The number of rotatable bonds is 10. The zero-order chi connectivity index (χ0) is 14.4. The van der Waals surface area contributed by atoms with E-state index in [4.69, 9.17) is 9.84 Å². The number of hydrogen-bond acceptors (Lipinski definition) is 5. The van der Waals surface area contributed by atoms with Gasteiger partial charge in [-0.3, -0.25) is 4.79 Å². The van der Waals surface area contributed by atoms with E-state index in [2.05, 4.69) is 10.2 Å². The van der Waals surface area contributed by atoms with Crippen LogP contribution in [0.1, 0.15) is 32.0 Å². The van der Waals surface area contributed by atoms with Crippen LogP contribution in [0.5, 0.6) is 0 Å². The van der Waals surface area contributed by atoms with Gasteiger partial charge < -0.3 is 14.4 Å². The van der Waals surface area contributed by atoms with E-state index in [9.17, 15) is 4.79 Å². The number of aromatic nitrogens is 3. The van der Waals surface area contributed by atoms with Gasteiger partial charge in [0.2, 0.25) is 0 Å². The van der Waals surface area contributed by atoms with E-state index in [0.717, 1.165) is 44.3 Å².